The van der Waals surface area contributed by atoms with Crippen LogP contribution in [0, 0.1) is 6.92 Å². The predicted octanol–water partition coefficient (Wildman–Crippen LogP) is 5.10. The van der Waals surface area contributed by atoms with E-state index in [0.29, 0.717) is 17.8 Å². The number of amides is 1. The molecule has 37 heavy (non-hydrogen) atoms. The van der Waals surface area contributed by atoms with Gasteiger partial charge < -0.3 is 15.0 Å². The number of esters is 1. The second kappa shape index (κ2) is 10.8. The van der Waals surface area contributed by atoms with Crippen LogP contribution in [0.2, 0.25) is 0 Å². The molecular formula is C30H30N4O3. The van der Waals surface area contributed by atoms with Crippen LogP contribution in [0.4, 0.5) is 11.5 Å². The maximum atomic E-state index is 12.8. The highest BCUT2D eigenvalue weighted by molar-refractivity contribution is 6.06. The van der Waals surface area contributed by atoms with E-state index < -0.39 is 0 Å². The number of fused-ring (bicyclic) bond motifs is 1. The number of carbonyl (C=O) groups excluding carboxylic acids is 2. The van der Waals surface area contributed by atoms with Gasteiger partial charge in [-0.2, -0.15) is 0 Å². The molecule has 1 amide bonds. The van der Waals surface area contributed by atoms with Crippen molar-refractivity contribution in [1.82, 2.24) is 9.97 Å². The number of ether oxygens (including phenoxy) is 1. The molecule has 7 heteroatoms. The molecule has 0 radical (unpaired) electrons. The molecule has 1 saturated heterocycles. The Morgan fingerprint density at radius 1 is 0.946 bits per heavy atom. The molecule has 0 saturated carbocycles. The van der Waals surface area contributed by atoms with E-state index in [4.69, 9.17) is 14.7 Å². The van der Waals surface area contributed by atoms with E-state index in [9.17, 15) is 9.59 Å². The summed E-state index contributed by atoms with van der Waals surface area (Å²) in [5.74, 6) is 1.11. The third-order valence-electron chi connectivity index (χ3n) is 6.78. The largest absolute Gasteiger partial charge is 0.469 e. The summed E-state index contributed by atoms with van der Waals surface area (Å²) in [6.45, 7) is 3.78. The number of aryl methyl sites for hydroxylation is 1. The van der Waals surface area contributed by atoms with E-state index >= 15 is 0 Å². The van der Waals surface area contributed by atoms with E-state index in [-0.39, 0.29) is 18.3 Å². The summed E-state index contributed by atoms with van der Waals surface area (Å²) in [5, 5.41) is 5.12. The van der Waals surface area contributed by atoms with Crippen molar-refractivity contribution in [3.63, 3.8) is 0 Å². The summed E-state index contributed by atoms with van der Waals surface area (Å²) in [4.78, 5) is 36.6. The van der Waals surface area contributed by atoms with Crippen LogP contribution in [-0.2, 0) is 22.4 Å². The quantitative estimate of drug-likeness (QED) is 0.360. The van der Waals surface area contributed by atoms with Gasteiger partial charge in [0.15, 0.2) is 0 Å². The van der Waals surface area contributed by atoms with Crippen LogP contribution in [0.1, 0.15) is 45.8 Å². The fourth-order valence-corrected chi connectivity index (χ4v) is 4.75. The maximum absolute atomic E-state index is 12.8. The molecule has 0 spiro atoms. The summed E-state index contributed by atoms with van der Waals surface area (Å²) in [7, 11) is 1.40. The van der Waals surface area contributed by atoms with Crippen LogP contribution in [0.3, 0.4) is 0 Å². The van der Waals surface area contributed by atoms with Crippen molar-refractivity contribution in [3.8, 4) is 0 Å². The zero-order valence-corrected chi connectivity index (χ0v) is 21.2. The molecule has 1 aliphatic rings. The highest BCUT2D eigenvalue weighted by Crippen LogP contribution is 2.26. The number of methoxy groups -OCH3 is 1. The summed E-state index contributed by atoms with van der Waals surface area (Å²) in [5.41, 5.74) is 4.02. The minimum atomic E-state index is -0.291. The molecular weight excluding hydrogens is 464 g/mol. The first-order valence-corrected chi connectivity index (χ1v) is 12.6. The average Bonchev–Trinajstić information content (AvgIpc) is 3.45. The molecule has 1 fully saturated rings. The van der Waals surface area contributed by atoms with Gasteiger partial charge in [0.25, 0.3) is 5.91 Å². The molecule has 0 unspecified atom stereocenters. The molecule has 4 aromatic rings. The van der Waals surface area contributed by atoms with Gasteiger partial charge in [-0.15, -0.1) is 0 Å². The lowest BCUT2D eigenvalue weighted by Gasteiger charge is -2.22. The van der Waals surface area contributed by atoms with Crippen molar-refractivity contribution in [2.45, 2.75) is 32.6 Å². The van der Waals surface area contributed by atoms with E-state index in [1.54, 1.807) is 0 Å². The molecule has 0 atom stereocenters. The van der Waals surface area contributed by atoms with Crippen LogP contribution in [0.5, 0.6) is 0 Å². The molecule has 5 rings (SSSR count). The number of hydrogen-bond acceptors (Lipinski definition) is 6. The van der Waals surface area contributed by atoms with Crippen LogP contribution in [0.25, 0.3) is 10.8 Å². The molecule has 1 aromatic heterocycles. The highest BCUT2D eigenvalue weighted by Gasteiger charge is 2.22. The van der Waals surface area contributed by atoms with Crippen LogP contribution in [-0.4, -0.2) is 42.0 Å². The minimum Gasteiger partial charge on any atom is -0.469 e. The lowest BCUT2D eigenvalue weighted by Crippen LogP contribution is -2.24. The van der Waals surface area contributed by atoms with Crippen molar-refractivity contribution in [1.29, 1.82) is 0 Å². The fraction of sp³-hybridized carbons (Fsp3) is 0.267. The van der Waals surface area contributed by atoms with E-state index in [1.165, 1.54) is 7.11 Å². The standard InChI is InChI=1S/C30H30N4O3/c1-20-26(19-28(35)37-2)29(34-15-5-6-16-34)33-27(31-20)17-21-9-13-25(14-10-21)32-30(36)24-12-11-22-7-3-4-8-23(22)18-24/h3-4,7-14,18H,5-6,15-17,19H2,1-2H3,(H,32,36). The van der Waals surface area contributed by atoms with Gasteiger partial charge in [-0.25, -0.2) is 9.97 Å². The summed E-state index contributed by atoms with van der Waals surface area (Å²) in [6, 6.07) is 21.4. The number of nitrogens with one attached hydrogen (secondary N) is 1. The Hall–Kier alpha value is -4.26. The van der Waals surface area contributed by atoms with Gasteiger partial charge in [0.1, 0.15) is 11.6 Å². The molecule has 3 aromatic carbocycles. The molecule has 1 aliphatic heterocycles. The van der Waals surface area contributed by atoms with Gasteiger partial charge in [0, 0.05) is 42.0 Å². The second-order valence-corrected chi connectivity index (χ2v) is 9.36. The number of aromatic nitrogens is 2. The van der Waals surface area contributed by atoms with Gasteiger partial charge in [-0.05, 0) is 60.4 Å². The van der Waals surface area contributed by atoms with Crippen molar-refractivity contribution < 1.29 is 14.3 Å². The van der Waals surface area contributed by atoms with Gasteiger partial charge in [0.2, 0.25) is 0 Å². The average molecular weight is 495 g/mol. The lowest BCUT2D eigenvalue weighted by atomic mass is 10.1. The first-order valence-electron chi connectivity index (χ1n) is 12.6. The molecule has 2 heterocycles. The molecule has 0 aliphatic carbocycles. The Morgan fingerprint density at radius 3 is 2.41 bits per heavy atom. The lowest BCUT2D eigenvalue weighted by molar-refractivity contribution is -0.139. The van der Waals surface area contributed by atoms with E-state index in [0.717, 1.165) is 65.0 Å². The summed E-state index contributed by atoms with van der Waals surface area (Å²) < 4.78 is 4.90. The zero-order valence-electron chi connectivity index (χ0n) is 21.2. The van der Waals surface area contributed by atoms with E-state index in [1.807, 2.05) is 73.7 Å². The SMILES string of the molecule is COC(=O)Cc1c(C)nc(Cc2ccc(NC(=O)c3ccc4ccccc4c3)cc2)nc1N1CCCC1. The van der Waals surface area contributed by atoms with E-state index in [2.05, 4.69) is 10.2 Å². The number of nitrogens with zero attached hydrogens (tertiary/aromatic N) is 3. The third-order valence-corrected chi connectivity index (χ3v) is 6.78. The summed E-state index contributed by atoms with van der Waals surface area (Å²) >= 11 is 0. The fourth-order valence-electron chi connectivity index (χ4n) is 4.75. The molecule has 1 N–H and O–H groups in total. The Kier molecular flexibility index (Phi) is 7.12. The zero-order chi connectivity index (χ0) is 25.8. The summed E-state index contributed by atoms with van der Waals surface area (Å²) in [6.07, 6.45) is 2.95. The predicted molar refractivity (Wildman–Crippen MR) is 145 cm³/mol. The number of benzene rings is 3. The first kappa shape index (κ1) is 24.4. The van der Waals surface area contributed by atoms with Crippen LogP contribution < -0.4 is 10.2 Å². The van der Waals surface area contributed by atoms with Crippen LogP contribution >= 0.6 is 0 Å². The van der Waals surface area contributed by atoms with Crippen LogP contribution in [0.15, 0.2) is 66.7 Å². The van der Waals surface area contributed by atoms with Gasteiger partial charge in [-0.3, -0.25) is 9.59 Å². The minimum absolute atomic E-state index is 0.145. The van der Waals surface area contributed by atoms with Gasteiger partial charge in [0.05, 0.1) is 13.5 Å². The number of hydrogen-bond donors (Lipinski definition) is 1. The Labute approximate surface area is 216 Å². The normalized spacial score (nSPS) is 13.1. The highest BCUT2D eigenvalue weighted by atomic mass is 16.5. The molecule has 0 bridgehead atoms. The van der Waals surface area contributed by atoms with Gasteiger partial charge >= 0.3 is 5.97 Å². The number of carbonyl (C=O) groups is 2. The molecule has 188 valence electrons. The van der Waals surface area contributed by atoms with Crippen molar-refractivity contribution in [3.05, 3.63) is 94.9 Å². The van der Waals surface area contributed by atoms with Crippen molar-refractivity contribution in [2.75, 3.05) is 30.4 Å². The Balaban J connectivity index is 1.31. The monoisotopic (exact) mass is 494 g/mol. The smallest absolute Gasteiger partial charge is 0.310 e. The first-order chi connectivity index (χ1) is 18.0. The second-order valence-electron chi connectivity index (χ2n) is 9.36. The van der Waals surface area contributed by atoms with Crippen molar-refractivity contribution in [2.24, 2.45) is 0 Å². The maximum Gasteiger partial charge on any atom is 0.310 e. The Bertz CT molecular complexity index is 1440. The Morgan fingerprint density at radius 2 is 1.68 bits per heavy atom. The molecule has 7 nitrogen and oxygen atoms in total. The van der Waals surface area contributed by atoms with Gasteiger partial charge in [-0.1, -0.05) is 42.5 Å². The number of rotatable bonds is 7. The number of anilines is 2. The third kappa shape index (κ3) is 5.61. The topological polar surface area (TPSA) is 84.4 Å². The van der Waals surface area contributed by atoms with Crippen molar-refractivity contribution >= 4 is 34.2 Å².